The van der Waals surface area contributed by atoms with Gasteiger partial charge in [0.15, 0.2) is 0 Å². The lowest BCUT2D eigenvalue weighted by Crippen LogP contribution is -2.44. The van der Waals surface area contributed by atoms with Gasteiger partial charge < -0.3 is 10.6 Å². The predicted octanol–water partition coefficient (Wildman–Crippen LogP) is 2.07. The van der Waals surface area contributed by atoms with Gasteiger partial charge in [0.25, 0.3) is 0 Å². The lowest BCUT2D eigenvalue weighted by molar-refractivity contribution is -0.132. The Morgan fingerprint density at radius 3 is 2.71 bits per heavy atom. The number of hydrogen-bond acceptors (Lipinski definition) is 2. The topological polar surface area (TPSA) is 41.1 Å². The van der Waals surface area contributed by atoms with Crippen molar-refractivity contribution in [1.82, 2.24) is 10.6 Å². The molecule has 0 spiro atoms. The van der Waals surface area contributed by atoms with E-state index < -0.39 is 0 Å². The van der Waals surface area contributed by atoms with Crippen LogP contribution in [-0.2, 0) is 4.79 Å². The van der Waals surface area contributed by atoms with Crippen molar-refractivity contribution in [3.63, 3.8) is 0 Å². The van der Waals surface area contributed by atoms with Gasteiger partial charge in [0.1, 0.15) is 0 Å². The second kappa shape index (κ2) is 5.85. The Labute approximate surface area is 105 Å². The fourth-order valence-corrected chi connectivity index (χ4v) is 3.11. The smallest absolute Gasteiger partial charge is 0.225 e. The number of piperidine rings is 1. The van der Waals surface area contributed by atoms with Crippen molar-refractivity contribution < 1.29 is 4.79 Å². The summed E-state index contributed by atoms with van der Waals surface area (Å²) in [6.07, 6.45) is 8.38. The molecule has 0 aromatic carbocycles. The molecule has 17 heavy (non-hydrogen) atoms. The van der Waals surface area contributed by atoms with E-state index in [-0.39, 0.29) is 5.41 Å². The minimum Gasteiger partial charge on any atom is -0.355 e. The Kier molecular flexibility index (Phi) is 4.43. The highest BCUT2D eigenvalue weighted by molar-refractivity contribution is 5.82. The van der Waals surface area contributed by atoms with Gasteiger partial charge in [-0.25, -0.2) is 0 Å². The van der Waals surface area contributed by atoms with Gasteiger partial charge in [-0.2, -0.15) is 0 Å². The first-order valence-electron chi connectivity index (χ1n) is 7.20. The third kappa shape index (κ3) is 3.44. The maximum Gasteiger partial charge on any atom is 0.225 e. The molecule has 98 valence electrons. The lowest BCUT2D eigenvalue weighted by Gasteiger charge is -2.33. The molecular formula is C14H26N2O. The Balaban J connectivity index is 1.75. The average Bonchev–Trinajstić information content (AvgIpc) is 2.38. The molecule has 1 aliphatic carbocycles. The van der Waals surface area contributed by atoms with Crippen LogP contribution in [0, 0.1) is 11.3 Å². The second-order valence-electron chi connectivity index (χ2n) is 6.04. The minimum atomic E-state index is -0.0830. The number of rotatable bonds is 3. The highest BCUT2D eigenvalue weighted by Gasteiger charge is 2.34. The van der Waals surface area contributed by atoms with Gasteiger partial charge in [-0.15, -0.1) is 0 Å². The molecule has 3 heteroatoms. The normalized spacial score (nSPS) is 28.6. The van der Waals surface area contributed by atoms with Crippen LogP contribution in [0.5, 0.6) is 0 Å². The fraction of sp³-hybridized carbons (Fsp3) is 0.929. The summed E-state index contributed by atoms with van der Waals surface area (Å²) < 4.78 is 0. The molecule has 1 unspecified atom stereocenters. The summed E-state index contributed by atoms with van der Waals surface area (Å²) in [6, 6.07) is 0. The lowest BCUT2D eigenvalue weighted by atomic mass is 9.75. The zero-order valence-electron chi connectivity index (χ0n) is 11.1. The van der Waals surface area contributed by atoms with Crippen molar-refractivity contribution in [3.8, 4) is 0 Å². The van der Waals surface area contributed by atoms with Crippen molar-refractivity contribution in [2.75, 3.05) is 19.6 Å². The molecule has 2 N–H and O–H groups in total. The van der Waals surface area contributed by atoms with Crippen LogP contribution in [0.2, 0.25) is 0 Å². The van der Waals surface area contributed by atoms with E-state index >= 15 is 0 Å². The fourth-order valence-electron chi connectivity index (χ4n) is 3.11. The summed E-state index contributed by atoms with van der Waals surface area (Å²) in [6.45, 7) is 5.21. The molecule has 0 bridgehead atoms. The van der Waals surface area contributed by atoms with Gasteiger partial charge in [0, 0.05) is 12.0 Å². The molecule has 1 aliphatic heterocycles. The summed E-state index contributed by atoms with van der Waals surface area (Å²) >= 11 is 0. The second-order valence-corrected chi connectivity index (χ2v) is 6.04. The number of carbonyl (C=O) groups is 1. The number of nitrogens with one attached hydrogen (secondary N) is 2. The molecule has 1 saturated carbocycles. The van der Waals surface area contributed by atoms with Crippen LogP contribution in [0.4, 0.5) is 0 Å². The summed E-state index contributed by atoms with van der Waals surface area (Å²) in [5, 5.41) is 6.58. The van der Waals surface area contributed by atoms with Crippen LogP contribution in [-0.4, -0.2) is 25.5 Å². The first kappa shape index (κ1) is 12.9. The molecule has 2 aliphatic rings. The van der Waals surface area contributed by atoms with E-state index in [9.17, 15) is 4.79 Å². The van der Waals surface area contributed by atoms with Crippen molar-refractivity contribution >= 4 is 5.91 Å². The number of carbonyl (C=O) groups excluding carboxylic acids is 1. The van der Waals surface area contributed by atoms with E-state index in [0.717, 1.165) is 32.5 Å². The molecule has 0 radical (unpaired) electrons. The molecule has 0 aromatic heterocycles. The van der Waals surface area contributed by atoms with Gasteiger partial charge in [0.2, 0.25) is 5.91 Å². The van der Waals surface area contributed by atoms with Crippen LogP contribution in [0.15, 0.2) is 0 Å². The molecule has 1 saturated heterocycles. The SMILES string of the molecule is CC1(C(=O)NCC2CCCNC2)CCCCC1. The molecular weight excluding hydrogens is 212 g/mol. The maximum atomic E-state index is 12.2. The summed E-state index contributed by atoms with van der Waals surface area (Å²) in [4.78, 5) is 12.2. The van der Waals surface area contributed by atoms with Crippen LogP contribution >= 0.6 is 0 Å². The molecule has 0 aromatic rings. The predicted molar refractivity (Wildman–Crippen MR) is 69.8 cm³/mol. The van der Waals surface area contributed by atoms with Gasteiger partial charge in [0.05, 0.1) is 0 Å². The maximum absolute atomic E-state index is 12.2. The molecule has 2 rings (SSSR count). The zero-order valence-corrected chi connectivity index (χ0v) is 11.1. The zero-order chi connectivity index (χ0) is 12.1. The van der Waals surface area contributed by atoms with Gasteiger partial charge in [-0.1, -0.05) is 26.2 Å². The largest absolute Gasteiger partial charge is 0.355 e. The van der Waals surface area contributed by atoms with E-state index in [2.05, 4.69) is 17.6 Å². The standard InChI is InChI=1S/C14H26N2O/c1-14(7-3-2-4-8-14)13(17)16-11-12-6-5-9-15-10-12/h12,15H,2-11H2,1H3,(H,16,17). The van der Waals surface area contributed by atoms with Gasteiger partial charge in [-0.3, -0.25) is 4.79 Å². The average molecular weight is 238 g/mol. The number of hydrogen-bond donors (Lipinski definition) is 2. The van der Waals surface area contributed by atoms with Crippen LogP contribution in [0.1, 0.15) is 51.9 Å². The highest BCUT2D eigenvalue weighted by Crippen LogP contribution is 2.35. The summed E-state index contributed by atoms with van der Waals surface area (Å²) in [5.74, 6) is 0.933. The van der Waals surface area contributed by atoms with E-state index in [0.29, 0.717) is 11.8 Å². The van der Waals surface area contributed by atoms with E-state index in [1.807, 2.05) is 0 Å². The Morgan fingerprint density at radius 1 is 1.29 bits per heavy atom. The van der Waals surface area contributed by atoms with Crippen molar-refractivity contribution in [2.45, 2.75) is 51.9 Å². The van der Waals surface area contributed by atoms with E-state index in [4.69, 9.17) is 0 Å². The molecule has 1 amide bonds. The van der Waals surface area contributed by atoms with Crippen LogP contribution < -0.4 is 10.6 Å². The van der Waals surface area contributed by atoms with Crippen molar-refractivity contribution in [2.24, 2.45) is 11.3 Å². The Hall–Kier alpha value is -0.570. The Morgan fingerprint density at radius 2 is 2.06 bits per heavy atom. The van der Waals surface area contributed by atoms with Gasteiger partial charge >= 0.3 is 0 Å². The summed E-state index contributed by atoms with van der Waals surface area (Å²) in [7, 11) is 0. The molecule has 1 heterocycles. The quantitative estimate of drug-likeness (QED) is 0.790. The monoisotopic (exact) mass is 238 g/mol. The first-order chi connectivity index (χ1) is 8.21. The van der Waals surface area contributed by atoms with Crippen molar-refractivity contribution in [3.05, 3.63) is 0 Å². The summed E-state index contributed by atoms with van der Waals surface area (Å²) in [5.41, 5.74) is -0.0830. The molecule has 1 atom stereocenters. The first-order valence-corrected chi connectivity index (χ1v) is 7.20. The van der Waals surface area contributed by atoms with Crippen molar-refractivity contribution in [1.29, 1.82) is 0 Å². The molecule has 3 nitrogen and oxygen atoms in total. The third-order valence-electron chi connectivity index (χ3n) is 4.46. The Bertz CT molecular complexity index is 253. The molecule has 2 fully saturated rings. The minimum absolute atomic E-state index is 0.0830. The van der Waals surface area contributed by atoms with Crippen LogP contribution in [0.25, 0.3) is 0 Å². The highest BCUT2D eigenvalue weighted by atomic mass is 16.2. The van der Waals surface area contributed by atoms with Gasteiger partial charge in [-0.05, 0) is 44.7 Å². The van der Waals surface area contributed by atoms with Crippen LogP contribution in [0.3, 0.4) is 0 Å². The number of amides is 1. The van der Waals surface area contributed by atoms with E-state index in [1.54, 1.807) is 0 Å². The third-order valence-corrected chi connectivity index (χ3v) is 4.46. The van der Waals surface area contributed by atoms with E-state index in [1.165, 1.54) is 32.1 Å².